The molecule has 1 heterocycles. The van der Waals surface area contributed by atoms with Gasteiger partial charge in [-0.25, -0.2) is 4.98 Å². The first-order valence-electron chi connectivity index (χ1n) is 6.69. The van der Waals surface area contributed by atoms with E-state index in [4.69, 9.17) is 5.73 Å². The van der Waals surface area contributed by atoms with Gasteiger partial charge in [-0.2, -0.15) is 0 Å². The number of nitrogens with one attached hydrogen (secondary N) is 1. The van der Waals surface area contributed by atoms with Crippen LogP contribution in [0, 0.1) is 24.7 Å². The van der Waals surface area contributed by atoms with Crippen LogP contribution in [0.1, 0.15) is 31.4 Å². The minimum atomic E-state index is 0.763. The summed E-state index contributed by atoms with van der Waals surface area (Å²) in [6.45, 7) is 3.05. The van der Waals surface area contributed by atoms with Gasteiger partial charge in [-0.15, -0.1) is 0 Å². The van der Waals surface area contributed by atoms with Crippen LogP contribution in [-0.2, 0) is 0 Å². The van der Waals surface area contributed by atoms with Gasteiger partial charge in [-0.3, -0.25) is 0 Å². The van der Waals surface area contributed by atoms with Gasteiger partial charge in [0.15, 0.2) is 0 Å². The Bertz CT molecular complexity index is 416. The average molecular weight is 231 g/mol. The quantitative estimate of drug-likeness (QED) is 0.841. The molecule has 0 saturated heterocycles. The molecule has 3 rings (SSSR count). The van der Waals surface area contributed by atoms with E-state index in [1.165, 1.54) is 25.7 Å². The third-order valence-corrected chi connectivity index (χ3v) is 4.48. The largest absolute Gasteiger partial charge is 0.396 e. The van der Waals surface area contributed by atoms with Crippen LogP contribution in [0.5, 0.6) is 0 Å². The van der Waals surface area contributed by atoms with Crippen molar-refractivity contribution in [1.82, 2.24) is 4.98 Å². The van der Waals surface area contributed by atoms with Crippen LogP contribution in [0.4, 0.5) is 11.5 Å². The fourth-order valence-corrected chi connectivity index (χ4v) is 3.56. The van der Waals surface area contributed by atoms with Crippen molar-refractivity contribution < 1.29 is 0 Å². The lowest BCUT2D eigenvalue weighted by Crippen LogP contribution is -2.21. The second-order valence-electron chi connectivity index (χ2n) is 5.71. The Balaban J connectivity index is 1.62. The summed E-state index contributed by atoms with van der Waals surface area (Å²) in [6, 6.07) is 3.89. The molecule has 0 radical (unpaired) electrons. The Morgan fingerprint density at radius 1 is 1.35 bits per heavy atom. The lowest BCUT2D eigenvalue weighted by atomic mass is 9.89. The van der Waals surface area contributed by atoms with Crippen molar-refractivity contribution in [2.24, 2.45) is 17.8 Å². The molecule has 1 aromatic rings. The number of aryl methyl sites for hydroxylation is 1. The van der Waals surface area contributed by atoms with Crippen LogP contribution in [0.15, 0.2) is 12.1 Å². The van der Waals surface area contributed by atoms with Crippen molar-refractivity contribution in [2.45, 2.75) is 32.6 Å². The number of fused-ring (bicyclic) bond motifs is 2. The van der Waals surface area contributed by atoms with Crippen LogP contribution in [0.3, 0.4) is 0 Å². The van der Waals surface area contributed by atoms with Gasteiger partial charge in [0.1, 0.15) is 5.82 Å². The molecule has 0 aliphatic heterocycles. The topological polar surface area (TPSA) is 50.9 Å². The molecule has 3 heteroatoms. The van der Waals surface area contributed by atoms with E-state index in [2.05, 4.69) is 10.3 Å². The van der Waals surface area contributed by atoms with Gasteiger partial charge in [-0.05, 0) is 56.1 Å². The summed E-state index contributed by atoms with van der Waals surface area (Å²) >= 11 is 0. The molecule has 3 N–H and O–H groups in total. The van der Waals surface area contributed by atoms with E-state index in [-0.39, 0.29) is 0 Å². The first kappa shape index (κ1) is 10.9. The molecule has 1 aromatic heterocycles. The maximum atomic E-state index is 5.93. The highest BCUT2D eigenvalue weighted by Crippen LogP contribution is 2.48. The molecule has 2 aliphatic rings. The highest BCUT2D eigenvalue weighted by Gasteiger charge is 2.39. The summed E-state index contributed by atoms with van der Waals surface area (Å²) in [5.74, 6) is 3.68. The number of pyridine rings is 1. The lowest BCUT2D eigenvalue weighted by Gasteiger charge is -2.22. The first-order chi connectivity index (χ1) is 8.22. The zero-order chi connectivity index (χ0) is 11.8. The Kier molecular flexibility index (Phi) is 2.69. The van der Waals surface area contributed by atoms with E-state index in [1.54, 1.807) is 0 Å². The van der Waals surface area contributed by atoms with Crippen LogP contribution >= 0.6 is 0 Å². The van der Waals surface area contributed by atoms with Crippen LogP contribution in [0.2, 0.25) is 0 Å². The zero-order valence-corrected chi connectivity index (χ0v) is 10.4. The van der Waals surface area contributed by atoms with E-state index in [0.29, 0.717) is 0 Å². The predicted octanol–water partition coefficient (Wildman–Crippen LogP) is 2.82. The predicted molar refractivity (Wildman–Crippen MR) is 70.8 cm³/mol. The van der Waals surface area contributed by atoms with Gasteiger partial charge in [0.05, 0.1) is 5.69 Å². The molecule has 17 heavy (non-hydrogen) atoms. The van der Waals surface area contributed by atoms with Gasteiger partial charge in [-0.1, -0.05) is 6.42 Å². The van der Waals surface area contributed by atoms with Crippen molar-refractivity contribution in [3.05, 3.63) is 17.8 Å². The standard InChI is InChI=1S/C14H21N3/c1-9-2-5-13(15)14(17-9)16-8-12-7-10-3-4-11(12)6-10/h2,5,10-12H,3-4,6-8,15H2,1H3,(H,16,17). The summed E-state index contributed by atoms with van der Waals surface area (Å²) in [4.78, 5) is 4.46. The first-order valence-corrected chi connectivity index (χ1v) is 6.69. The van der Waals surface area contributed by atoms with Gasteiger partial charge >= 0.3 is 0 Å². The molecule has 2 fully saturated rings. The Labute approximate surface area is 103 Å². The second-order valence-corrected chi connectivity index (χ2v) is 5.71. The van der Waals surface area contributed by atoms with Crippen molar-refractivity contribution in [2.75, 3.05) is 17.6 Å². The molecule has 0 spiro atoms. The number of aromatic nitrogens is 1. The molecular formula is C14H21N3. The maximum Gasteiger partial charge on any atom is 0.149 e. The number of hydrogen-bond acceptors (Lipinski definition) is 3. The van der Waals surface area contributed by atoms with E-state index in [0.717, 1.165) is 41.5 Å². The molecule has 3 atom stereocenters. The molecule has 3 unspecified atom stereocenters. The third-order valence-electron chi connectivity index (χ3n) is 4.48. The monoisotopic (exact) mass is 231 g/mol. The summed E-state index contributed by atoms with van der Waals surface area (Å²) in [7, 11) is 0. The molecule has 2 saturated carbocycles. The van der Waals surface area contributed by atoms with E-state index in [9.17, 15) is 0 Å². The second kappa shape index (κ2) is 4.21. The molecule has 2 bridgehead atoms. The summed E-state index contributed by atoms with van der Waals surface area (Å²) < 4.78 is 0. The highest BCUT2D eigenvalue weighted by molar-refractivity contribution is 5.61. The van der Waals surface area contributed by atoms with Crippen molar-refractivity contribution >= 4 is 11.5 Å². The van der Waals surface area contributed by atoms with E-state index < -0.39 is 0 Å². The molecular weight excluding hydrogens is 210 g/mol. The fourth-order valence-electron chi connectivity index (χ4n) is 3.56. The Morgan fingerprint density at radius 2 is 2.24 bits per heavy atom. The van der Waals surface area contributed by atoms with Crippen molar-refractivity contribution in [1.29, 1.82) is 0 Å². The Hall–Kier alpha value is -1.25. The van der Waals surface area contributed by atoms with Crippen LogP contribution in [0.25, 0.3) is 0 Å². The van der Waals surface area contributed by atoms with Crippen LogP contribution < -0.4 is 11.1 Å². The molecule has 0 aromatic carbocycles. The zero-order valence-electron chi connectivity index (χ0n) is 10.4. The number of nitrogens with two attached hydrogens (primary N) is 1. The summed E-state index contributed by atoms with van der Waals surface area (Å²) in [5, 5.41) is 3.44. The smallest absolute Gasteiger partial charge is 0.149 e. The average Bonchev–Trinajstić information content (AvgIpc) is 2.92. The maximum absolute atomic E-state index is 5.93. The number of rotatable bonds is 3. The minimum absolute atomic E-state index is 0.763. The number of anilines is 2. The third kappa shape index (κ3) is 2.11. The van der Waals surface area contributed by atoms with E-state index in [1.807, 2.05) is 19.1 Å². The number of nitrogens with zero attached hydrogens (tertiary/aromatic N) is 1. The van der Waals surface area contributed by atoms with Crippen molar-refractivity contribution in [3.8, 4) is 0 Å². The number of nitrogen functional groups attached to an aromatic ring is 1. The molecule has 92 valence electrons. The number of hydrogen-bond donors (Lipinski definition) is 2. The van der Waals surface area contributed by atoms with Gasteiger partial charge in [0.2, 0.25) is 0 Å². The normalized spacial score (nSPS) is 30.8. The van der Waals surface area contributed by atoms with Crippen molar-refractivity contribution in [3.63, 3.8) is 0 Å². The van der Waals surface area contributed by atoms with Crippen LogP contribution in [-0.4, -0.2) is 11.5 Å². The fraction of sp³-hybridized carbons (Fsp3) is 0.643. The SMILES string of the molecule is Cc1ccc(N)c(NCC2CC3CCC2C3)n1. The van der Waals surface area contributed by atoms with Gasteiger partial charge < -0.3 is 11.1 Å². The molecule has 3 nitrogen and oxygen atoms in total. The Morgan fingerprint density at radius 3 is 2.94 bits per heavy atom. The summed E-state index contributed by atoms with van der Waals surface area (Å²) in [6.07, 6.45) is 5.77. The minimum Gasteiger partial charge on any atom is -0.396 e. The molecule has 2 aliphatic carbocycles. The van der Waals surface area contributed by atoms with Gasteiger partial charge in [0.25, 0.3) is 0 Å². The summed E-state index contributed by atoms with van der Waals surface area (Å²) in [5.41, 5.74) is 7.71. The van der Waals surface area contributed by atoms with E-state index >= 15 is 0 Å². The lowest BCUT2D eigenvalue weighted by molar-refractivity contribution is 0.348. The highest BCUT2D eigenvalue weighted by atomic mass is 15.0. The van der Waals surface area contributed by atoms with Gasteiger partial charge in [0, 0.05) is 12.2 Å². The molecule has 0 amide bonds.